The maximum absolute atomic E-state index is 11.9. The van der Waals surface area contributed by atoms with Gasteiger partial charge in [-0.1, -0.05) is 12.1 Å². The van der Waals surface area contributed by atoms with E-state index >= 15 is 0 Å². The number of nitrogens with zero attached hydrogens (tertiary/aromatic N) is 2. The summed E-state index contributed by atoms with van der Waals surface area (Å²) in [6.07, 6.45) is 3.42. The number of nitro groups is 1. The molecule has 0 fully saturated rings. The standard InChI is InChI=1S/C14H13N3O3/c1-10-12(5-2-6-13(10)17(19)20)16-14(18)8-11-4-3-7-15-9-11/h2-7,9H,8H2,1H3,(H,16,18). The molecule has 0 atom stereocenters. The summed E-state index contributed by atoms with van der Waals surface area (Å²) in [4.78, 5) is 26.2. The minimum absolute atomic E-state index is 0.0100. The van der Waals surface area contributed by atoms with Crippen molar-refractivity contribution >= 4 is 17.3 Å². The SMILES string of the molecule is Cc1c(NC(=O)Cc2cccnc2)cccc1[N+](=O)[O-]. The summed E-state index contributed by atoms with van der Waals surface area (Å²) in [5.74, 6) is -0.235. The Balaban J connectivity index is 2.12. The quantitative estimate of drug-likeness (QED) is 0.683. The first-order valence-corrected chi connectivity index (χ1v) is 6.00. The number of aromatic nitrogens is 1. The fourth-order valence-electron chi connectivity index (χ4n) is 1.84. The highest BCUT2D eigenvalue weighted by molar-refractivity contribution is 5.93. The van der Waals surface area contributed by atoms with Crippen LogP contribution in [0.2, 0.25) is 0 Å². The normalized spacial score (nSPS) is 10.1. The second-order valence-electron chi connectivity index (χ2n) is 4.29. The zero-order valence-corrected chi connectivity index (χ0v) is 10.9. The molecule has 0 radical (unpaired) electrons. The Bertz CT molecular complexity index is 641. The van der Waals surface area contributed by atoms with E-state index in [0.29, 0.717) is 11.3 Å². The number of benzene rings is 1. The molecule has 0 saturated carbocycles. The lowest BCUT2D eigenvalue weighted by Gasteiger charge is -2.08. The molecule has 1 N–H and O–H groups in total. The van der Waals surface area contributed by atoms with E-state index in [1.807, 2.05) is 0 Å². The van der Waals surface area contributed by atoms with Gasteiger partial charge in [0.15, 0.2) is 0 Å². The van der Waals surface area contributed by atoms with Gasteiger partial charge in [-0.05, 0) is 24.6 Å². The maximum atomic E-state index is 11.9. The minimum Gasteiger partial charge on any atom is -0.325 e. The average molecular weight is 271 g/mol. The van der Waals surface area contributed by atoms with Gasteiger partial charge in [-0.3, -0.25) is 19.9 Å². The highest BCUT2D eigenvalue weighted by Gasteiger charge is 2.14. The largest absolute Gasteiger partial charge is 0.325 e. The van der Waals surface area contributed by atoms with E-state index in [2.05, 4.69) is 10.3 Å². The van der Waals surface area contributed by atoms with E-state index in [-0.39, 0.29) is 18.0 Å². The lowest BCUT2D eigenvalue weighted by molar-refractivity contribution is -0.385. The molecule has 0 aliphatic carbocycles. The molecule has 102 valence electrons. The summed E-state index contributed by atoms with van der Waals surface area (Å²) in [5.41, 5.74) is 1.67. The predicted octanol–water partition coefficient (Wildman–Crippen LogP) is 2.48. The van der Waals surface area contributed by atoms with Gasteiger partial charge in [0.1, 0.15) is 0 Å². The number of nitro benzene ring substituents is 1. The molecule has 20 heavy (non-hydrogen) atoms. The molecular formula is C14H13N3O3. The summed E-state index contributed by atoms with van der Waals surface area (Å²) >= 11 is 0. The fraction of sp³-hybridized carbons (Fsp3) is 0.143. The van der Waals surface area contributed by atoms with Gasteiger partial charge in [0.25, 0.3) is 5.69 Å². The smallest absolute Gasteiger partial charge is 0.274 e. The second kappa shape index (κ2) is 5.92. The van der Waals surface area contributed by atoms with Crippen LogP contribution in [-0.2, 0) is 11.2 Å². The second-order valence-corrected chi connectivity index (χ2v) is 4.29. The summed E-state index contributed by atoms with van der Waals surface area (Å²) < 4.78 is 0. The molecule has 0 bridgehead atoms. The fourth-order valence-corrected chi connectivity index (χ4v) is 1.84. The number of amides is 1. The van der Waals surface area contributed by atoms with Gasteiger partial charge >= 0.3 is 0 Å². The van der Waals surface area contributed by atoms with Gasteiger partial charge in [-0.2, -0.15) is 0 Å². The van der Waals surface area contributed by atoms with Gasteiger partial charge in [-0.25, -0.2) is 0 Å². The zero-order chi connectivity index (χ0) is 14.5. The van der Waals surface area contributed by atoms with Crippen LogP contribution in [0.4, 0.5) is 11.4 Å². The van der Waals surface area contributed by atoms with Crippen molar-refractivity contribution in [1.29, 1.82) is 0 Å². The molecular weight excluding hydrogens is 258 g/mol. The minimum atomic E-state index is -0.466. The highest BCUT2D eigenvalue weighted by atomic mass is 16.6. The number of carbonyl (C=O) groups excluding carboxylic acids is 1. The van der Waals surface area contributed by atoms with Crippen LogP contribution in [0.5, 0.6) is 0 Å². The Morgan fingerprint density at radius 2 is 2.15 bits per heavy atom. The van der Waals surface area contributed by atoms with E-state index in [9.17, 15) is 14.9 Å². The molecule has 1 aromatic carbocycles. The van der Waals surface area contributed by atoms with Gasteiger partial charge in [-0.15, -0.1) is 0 Å². The van der Waals surface area contributed by atoms with Crippen molar-refractivity contribution in [3.8, 4) is 0 Å². The molecule has 0 spiro atoms. The van der Waals surface area contributed by atoms with E-state index in [1.165, 1.54) is 6.07 Å². The van der Waals surface area contributed by atoms with E-state index in [4.69, 9.17) is 0 Å². The molecule has 0 saturated heterocycles. The van der Waals surface area contributed by atoms with Crippen LogP contribution in [0.3, 0.4) is 0 Å². The predicted molar refractivity (Wildman–Crippen MR) is 74.4 cm³/mol. The topological polar surface area (TPSA) is 85.1 Å². The van der Waals surface area contributed by atoms with Crippen LogP contribution < -0.4 is 5.32 Å². The maximum Gasteiger partial charge on any atom is 0.274 e. The third kappa shape index (κ3) is 3.17. The molecule has 0 aliphatic heterocycles. The lowest BCUT2D eigenvalue weighted by Crippen LogP contribution is -2.15. The van der Waals surface area contributed by atoms with Gasteiger partial charge in [0, 0.05) is 18.5 Å². The molecule has 1 amide bonds. The summed E-state index contributed by atoms with van der Waals surface area (Å²) in [5, 5.41) is 13.5. The average Bonchev–Trinajstić information content (AvgIpc) is 2.42. The van der Waals surface area contributed by atoms with Crippen LogP contribution >= 0.6 is 0 Å². The molecule has 0 unspecified atom stereocenters. The van der Waals surface area contributed by atoms with Gasteiger partial charge in [0.2, 0.25) is 5.91 Å². The number of hydrogen-bond donors (Lipinski definition) is 1. The van der Waals surface area contributed by atoms with E-state index < -0.39 is 4.92 Å². The Morgan fingerprint density at radius 3 is 2.80 bits per heavy atom. The van der Waals surface area contributed by atoms with Crippen molar-refractivity contribution < 1.29 is 9.72 Å². The third-order valence-electron chi connectivity index (χ3n) is 2.86. The first kappa shape index (κ1) is 13.7. The molecule has 0 aliphatic rings. The molecule has 1 heterocycles. The van der Waals surface area contributed by atoms with Crippen molar-refractivity contribution in [2.24, 2.45) is 0 Å². The number of pyridine rings is 1. The van der Waals surface area contributed by atoms with Crippen LogP contribution in [-0.4, -0.2) is 15.8 Å². The first-order chi connectivity index (χ1) is 9.58. The van der Waals surface area contributed by atoms with Crippen LogP contribution in [0.25, 0.3) is 0 Å². The zero-order valence-electron chi connectivity index (χ0n) is 10.9. The Hall–Kier alpha value is -2.76. The van der Waals surface area contributed by atoms with Crippen molar-refractivity contribution in [2.75, 3.05) is 5.32 Å². The van der Waals surface area contributed by atoms with E-state index in [1.54, 1.807) is 43.6 Å². The summed E-state index contributed by atoms with van der Waals surface area (Å²) in [6, 6.07) is 8.15. The number of nitrogens with one attached hydrogen (secondary N) is 1. The number of rotatable bonds is 4. The first-order valence-electron chi connectivity index (χ1n) is 6.00. The molecule has 2 aromatic rings. The monoisotopic (exact) mass is 271 g/mol. The molecule has 2 rings (SSSR count). The van der Waals surface area contributed by atoms with Crippen LogP contribution in [0.15, 0.2) is 42.7 Å². The van der Waals surface area contributed by atoms with Crippen LogP contribution in [0, 0.1) is 17.0 Å². The summed E-state index contributed by atoms with van der Waals surface area (Å²) in [6.45, 7) is 1.61. The lowest BCUT2D eigenvalue weighted by atomic mass is 10.1. The van der Waals surface area contributed by atoms with Crippen molar-refractivity contribution in [1.82, 2.24) is 4.98 Å². The number of anilines is 1. The Labute approximate surface area is 115 Å². The number of carbonyl (C=O) groups is 1. The van der Waals surface area contributed by atoms with Crippen molar-refractivity contribution in [3.05, 3.63) is 64.0 Å². The van der Waals surface area contributed by atoms with Crippen molar-refractivity contribution in [2.45, 2.75) is 13.3 Å². The van der Waals surface area contributed by atoms with Gasteiger partial charge < -0.3 is 5.32 Å². The summed E-state index contributed by atoms with van der Waals surface area (Å²) in [7, 11) is 0. The molecule has 6 heteroatoms. The van der Waals surface area contributed by atoms with Crippen LogP contribution in [0.1, 0.15) is 11.1 Å². The van der Waals surface area contributed by atoms with E-state index in [0.717, 1.165) is 5.56 Å². The third-order valence-corrected chi connectivity index (χ3v) is 2.86. The highest BCUT2D eigenvalue weighted by Crippen LogP contribution is 2.25. The van der Waals surface area contributed by atoms with Crippen molar-refractivity contribution in [3.63, 3.8) is 0 Å². The molecule has 1 aromatic heterocycles. The molecule has 6 nitrogen and oxygen atoms in total. The van der Waals surface area contributed by atoms with Gasteiger partial charge in [0.05, 0.1) is 22.6 Å². The Morgan fingerprint density at radius 1 is 1.35 bits per heavy atom. The number of hydrogen-bond acceptors (Lipinski definition) is 4. The Kier molecular flexibility index (Phi) is 4.05.